The number of nitrogens with one attached hydrogen (secondary N) is 1. The summed E-state index contributed by atoms with van der Waals surface area (Å²) in [6.45, 7) is 3.44. The predicted octanol–water partition coefficient (Wildman–Crippen LogP) is 0.743. The molecule has 1 fully saturated rings. The number of rotatable bonds is 3. The van der Waals surface area contributed by atoms with Crippen molar-refractivity contribution in [1.29, 1.82) is 0 Å². The summed E-state index contributed by atoms with van der Waals surface area (Å²) >= 11 is 0. The fourth-order valence-corrected chi connectivity index (χ4v) is 2.59. The lowest BCUT2D eigenvalue weighted by Gasteiger charge is -2.22. The molecule has 0 spiro atoms. The van der Waals surface area contributed by atoms with Crippen molar-refractivity contribution in [1.82, 2.24) is 10.2 Å². The van der Waals surface area contributed by atoms with E-state index in [1.807, 2.05) is 19.1 Å². The van der Waals surface area contributed by atoms with E-state index in [0.29, 0.717) is 31.6 Å². The molecule has 0 aliphatic carbocycles. The van der Waals surface area contributed by atoms with Gasteiger partial charge in [0.25, 0.3) is 5.91 Å². The Labute approximate surface area is 119 Å². The van der Waals surface area contributed by atoms with Crippen LogP contribution in [0.15, 0.2) is 24.3 Å². The summed E-state index contributed by atoms with van der Waals surface area (Å²) in [6, 6.07) is 7.31. The van der Waals surface area contributed by atoms with E-state index in [9.17, 15) is 9.59 Å². The van der Waals surface area contributed by atoms with Crippen LogP contribution in [0.2, 0.25) is 0 Å². The van der Waals surface area contributed by atoms with Crippen LogP contribution in [-0.4, -0.2) is 36.9 Å². The molecule has 2 rings (SSSR count). The average molecular weight is 275 g/mol. The van der Waals surface area contributed by atoms with Crippen molar-refractivity contribution in [3.63, 3.8) is 0 Å². The van der Waals surface area contributed by atoms with Gasteiger partial charge < -0.3 is 16.0 Å². The Morgan fingerprint density at radius 3 is 2.55 bits per heavy atom. The summed E-state index contributed by atoms with van der Waals surface area (Å²) in [5.74, 6) is -0.0347. The molecule has 0 radical (unpaired) electrons. The fraction of sp³-hybridized carbons (Fsp3) is 0.467. The van der Waals surface area contributed by atoms with E-state index >= 15 is 0 Å². The minimum atomic E-state index is -0.485. The van der Waals surface area contributed by atoms with Crippen molar-refractivity contribution in [2.75, 3.05) is 20.1 Å². The first-order chi connectivity index (χ1) is 9.50. The van der Waals surface area contributed by atoms with E-state index in [1.54, 1.807) is 24.1 Å². The first kappa shape index (κ1) is 14.5. The number of likely N-dealkylation sites (tertiary alicyclic amines) is 1. The van der Waals surface area contributed by atoms with Crippen molar-refractivity contribution in [3.05, 3.63) is 35.4 Å². The smallest absolute Gasteiger partial charge is 0.253 e. The lowest BCUT2D eigenvalue weighted by Crippen LogP contribution is -2.40. The van der Waals surface area contributed by atoms with Gasteiger partial charge in [0.05, 0.1) is 5.41 Å². The number of benzene rings is 1. The van der Waals surface area contributed by atoms with Gasteiger partial charge in [0.2, 0.25) is 5.91 Å². The fourth-order valence-electron chi connectivity index (χ4n) is 2.59. The van der Waals surface area contributed by atoms with Crippen LogP contribution < -0.4 is 11.1 Å². The van der Waals surface area contributed by atoms with Crippen molar-refractivity contribution in [3.8, 4) is 0 Å². The Kier molecular flexibility index (Phi) is 4.09. The highest BCUT2D eigenvalue weighted by atomic mass is 16.2. The van der Waals surface area contributed by atoms with Gasteiger partial charge in [-0.1, -0.05) is 12.1 Å². The molecule has 1 unspecified atom stereocenters. The average Bonchev–Trinajstić information content (AvgIpc) is 2.89. The minimum absolute atomic E-state index is 0.00807. The van der Waals surface area contributed by atoms with Gasteiger partial charge in [-0.25, -0.2) is 0 Å². The molecular formula is C15H21N3O2. The van der Waals surface area contributed by atoms with E-state index in [4.69, 9.17) is 5.73 Å². The Morgan fingerprint density at radius 1 is 1.35 bits per heavy atom. The Balaban J connectivity index is 2.09. The number of hydrogen-bond acceptors (Lipinski definition) is 3. The molecule has 108 valence electrons. The highest BCUT2D eigenvalue weighted by molar-refractivity contribution is 5.95. The SMILES string of the molecule is CNC(=O)C1(C)CCN(C(=O)c2ccc(CN)cc2)C1. The number of carbonyl (C=O) groups excluding carboxylic acids is 2. The highest BCUT2D eigenvalue weighted by Crippen LogP contribution is 2.30. The molecule has 2 amide bonds. The molecule has 20 heavy (non-hydrogen) atoms. The maximum atomic E-state index is 12.4. The number of nitrogens with zero attached hydrogens (tertiary/aromatic N) is 1. The molecule has 1 aromatic carbocycles. The van der Waals surface area contributed by atoms with Crippen LogP contribution >= 0.6 is 0 Å². The normalized spacial score (nSPS) is 21.9. The molecule has 1 aliphatic rings. The van der Waals surface area contributed by atoms with Gasteiger partial charge in [0, 0.05) is 32.2 Å². The molecule has 3 N–H and O–H groups in total. The van der Waals surface area contributed by atoms with Crippen molar-refractivity contribution >= 4 is 11.8 Å². The summed E-state index contributed by atoms with van der Waals surface area (Å²) in [7, 11) is 1.63. The highest BCUT2D eigenvalue weighted by Gasteiger charge is 2.41. The van der Waals surface area contributed by atoms with Gasteiger partial charge in [0.1, 0.15) is 0 Å². The molecule has 1 aromatic rings. The van der Waals surface area contributed by atoms with Crippen molar-refractivity contribution in [2.24, 2.45) is 11.1 Å². The molecule has 1 saturated heterocycles. The van der Waals surface area contributed by atoms with Crippen LogP contribution in [0, 0.1) is 5.41 Å². The second-order valence-corrected chi connectivity index (χ2v) is 5.52. The third-order valence-corrected chi connectivity index (χ3v) is 3.97. The Bertz CT molecular complexity index is 512. The summed E-state index contributed by atoms with van der Waals surface area (Å²) in [6.07, 6.45) is 0.694. The van der Waals surface area contributed by atoms with Crippen LogP contribution in [0.4, 0.5) is 0 Å². The molecular weight excluding hydrogens is 254 g/mol. The van der Waals surface area contributed by atoms with Crippen molar-refractivity contribution < 1.29 is 9.59 Å². The van der Waals surface area contributed by atoms with E-state index in [-0.39, 0.29) is 11.8 Å². The van der Waals surface area contributed by atoms with Crippen LogP contribution in [-0.2, 0) is 11.3 Å². The van der Waals surface area contributed by atoms with E-state index < -0.39 is 5.41 Å². The quantitative estimate of drug-likeness (QED) is 0.854. The molecule has 0 saturated carbocycles. The third-order valence-electron chi connectivity index (χ3n) is 3.97. The first-order valence-electron chi connectivity index (χ1n) is 6.80. The summed E-state index contributed by atoms with van der Waals surface area (Å²) in [4.78, 5) is 26.0. The second-order valence-electron chi connectivity index (χ2n) is 5.52. The first-order valence-corrected chi connectivity index (χ1v) is 6.80. The number of hydrogen-bond donors (Lipinski definition) is 2. The lowest BCUT2D eigenvalue weighted by atomic mass is 9.89. The maximum absolute atomic E-state index is 12.4. The van der Waals surface area contributed by atoms with Crippen LogP contribution in [0.5, 0.6) is 0 Å². The minimum Gasteiger partial charge on any atom is -0.359 e. The zero-order valence-corrected chi connectivity index (χ0v) is 12.0. The van der Waals surface area contributed by atoms with Gasteiger partial charge in [-0.2, -0.15) is 0 Å². The van der Waals surface area contributed by atoms with E-state index in [2.05, 4.69) is 5.32 Å². The lowest BCUT2D eigenvalue weighted by molar-refractivity contribution is -0.128. The third kappa shape index (κ3) is 2.67. The Hall–Kier alpha value is -1.88. The molecule has 5 nitrogen and oxygen atoms in total. The molecule has 0 aromatic heterocycles. The van der Waals surface area contributed by atoms with Crippen LogP contribution in [0.3, 0.4) is 0 Å². The summed E-state index contributed by atoms with van der Waals surface area (Å²) in [5, 5.41) is 2.67. The summed E-state index contributed by atoms with van der Waals surface area (Å²) in [5.41, 5.74) is 6.70. The zero-order chi connectivity index (χ0) is 14.8. The van der Waals surface area contributed by atoms with Gasteiger partial charge in [-0.05, 0) is 31.0 Å². The van der Waals surface area contributed by atoms with Crippen molar-refractivity contribution in [2.45, 2.75) is 19.9 Å². The monoisotopic (exact) mass is 275 g/mol. The van der Waals surface area contributed by atoms with Gasteiger partial charge in [-0.15, -0.1) is 0 Å². The maximum Gasteiger partial charge on any atom is 0.253 e. The van der Waals surface area contributed by atoms with Gasteiger partial charge >= 0.3 is 0 Å². The largest absolute Gasteiger partial charge is 0.359 e. The van der Waals surface area contributed by atoms with E-state index in [0.717, 1.165) is 5.56 Å². The zero-order valence-electron chi connectivity index (χ0n) is 12.0. The summed E-state index contributed by atoms with van der Waals surface area (Å²) < 4.78 is 0. The molecule has 1 heterocycles. The van der Waals surface area contributed by atoms with Gasteiger partial charge in [0.15, 0.2) is 0 Å². The van der Waals surface area contributed by atoms with E-state index in [1.165, 1.54) is 0 Å². The molecule has 5 heteroatoms. The van der Waals surface area contributed by atoms with Crippen LogP contribution in [0.25, 0.3) is 0 Å². The number of nitrogens with two attached hydrogens (primary N) is 1. The number of carbonyl (C=O) groups is 2. The molecule has 1 atom stereocenters. The second kappa shape index (κ2) is 5.63. The topological polar surface area (TPSA) is 75.4 Å². The standard InChI is InChI=1S/C15H21N3O2/c1-15(14(20)17-2)7-8-18(10-15)13(19)12-5-3-11(9-16)4-6-12/h3-6H,7-10,16H2,1-2H3,(H,17,20). The van der Waals surface area contributed by atoms with Crippen LogP contribution in [0.1, 0.15) is 29.3 Å². The number of amides is 2. The Morgan fingerprint density at radius 2 is 2.00 bits per heavy atom. The molecule has 0 bridgehead atoms. The van der Waals surface area contributed by atoms with Gasteiger partial charge in [-0.3, -0.25) is 9.59 Å². The molecule has 1 aliphatic heterocycles. The predicted molar refractivity (Wildman–Crippen MR) is 77.0 cm³/mol.